The summed E-state index contributed by atoms with van der Waals surface area (Å²) in [7, 11) is 0. The van der Waals surface area contributed by atoms with Gasteiger partial charge in [-0.2, -0.15) is 0 Å². The van der Waals surface area contributed by atoms with Crippen molar-refractivity contribution in [3.05, 3.63) is 71.3 Å². The van der Waals surface area contributed by atoms with E-state index >= 15 is 0 Å². The SMILES string of the molecule is Cc1ccc2[nH]c3c(ccc4c5cccc6c5c(cc43)C=C6)c2c1. The van der Waals surface area contributed by atoms with Gasteiger partial charge in [-0.25, -0.2) is 0 Å². The molecule has 1 heterocycles. The topological polar surface area (TPSA) is 15.8 Å². The van der Waals surface area contributed by atoms with E-state index < -0.39 is 0 Å². The zero-order chi connectivity index (χ0) is 15.8. The number of fused-ring (bicyclic) bond motifs is 6. The fraction of sp³-hybridized carbons (Fsp3) is 0.0435. The molecule has 6 rings (SSSR count). The standard InChI is InChI=1S/C23H15N/c1-13-5-10-21-19(11-13)18-9-8-16-17-4-2-3-14-6-7-15(22(14)17)12-20(16)23(18)24-21/h2-12,24H,1H3. The highest BCUT2D eigenvalue weighted by Crippen LogP contribution is 2.40. The van der Waals surface area contributed by atoms with Gasteiger partial charge in [-0.1, -0.05) is 54.1 Å². The largest absolute Gasteiger partial charge is 0.354 e. The summed E-state index contributed by atoms with van der Waals surface area (Å²) in [6.07, 6.45) is 4.46. The lowest BCUT2D eigenvalue weighted by molar-refractivity contribution is 1.49. The van der Waals surface area contributed by atoms with Crippen LogP contribution in [0.25, 0.3) is 55.5 Å². The van der Waals surface area contributed by atoms with Crippen LogP contribution in [0.5, 0.6) is 0 Å². The molecule has 0 atom stereocenters. The molecule has 0 saturated carbocycles. The molecule has 0 spiro atoms. The van der Waals surface area contributed by atoms with Crippen molar-refractivity contribution in [1.82, 2.24) is 4.98 Å². The van der Waals surface area contributed by atoms with Crippen LogP contribution in [-0.2, 0) is 0 Å². The predicted octanol–water partition coefficient (Wildman–Crippen LogP) is 6.42. The minimum atomic E-state index is 1.21. The van der Waals surface area contributed by atoms with Crippen molar-refractivity contribution in [2.75, 3.05) is 0 Å². The van der Waals surface area contributed by atoms with Crippen molar-refractivity contribution >= 4 is 55.5 Å². The number of hydrogen-bond donors (Lipinski definition) is 1. The number of H-pyrrole nitrogens is 1. The van der Waals surface area contributed by atoms with Crippen LogP contribution in [0.4, 0.5) is 0 Å². The van der Waals surface area contributed by atoms with Gasteiger partial charge in [0, 0.05) is 21.7 Å². The lowest BCUT2D eigenvalue weighted by atomic mass is 9.95. The maximum Gasteiger partial charge on any atom is 0.0544 e. The van der Waals surface area contributed by atoms with E-state index in [9.17, 15) is 0 Å². The van der Waals surface area contributed by atoms with Gasteiger partial charge in [0.15, 0.2) is 0 Å². The van der Waals surface area contributed by atoms with Crippen LogP contribution < -0.4 is 0 Å². The molecule has 0 amide bonds. The van der Waals surface area contributed by atoms with E-state index in [1.807, 2.05) is 0 Å². The van der Waals surface area contributed by atoms with Crippen molar-refractivity contribution in [3.8, 4) is 0 Å². The van der Waals surface area contributed by atoms with Gasteiger partial charge in [0.25, 0.3) is 0 Å². The van der Waals surface area contributed by atoms with Gasteiger partial charge in [-0.05, 0) is 52.4 Å². The van der Waals surface area contributed by atoms with E-state index in [0.29, 0.717) is 0 Å². The number of benzene rings is 4. The summed E-state index contributed by atoms with van der Waals surface area (Å²) < 4.78 is 0. The second-order valence-electron chi connectivity index (χ2n) is 6.83. The van der Waals surface area contributed by atoms with Gasteiger partial charge in [0.2, 0.25) is 0 Å². The average molecular weight is 305 g/mol. The fourth-order valence-corrected chi connectivity index (χ4v) is 4.28. The Morgan fingerprint density at radius 2 is 1.54 bits per heavy atom. The minimum absolute atomic E-state index is 1.21. The van der Waals surface area contributed by atoms with E-state index in [4.69, 9.17) is 0 Å². The highest BCUT2D eigenvalue weighted by Gasteiger charge is 2.15. The first kappa shape index (κ1) is 12.4. The molecule has 0 saturated heterocycles. The quantitative estimate of drug-likeness (QED) is 0.312. The van der Waals surface area contributed by atoms with E-state index in [0.717, 1.165) is 0 Å². The number of rotatable bonds is 0. The first-order valence-electron chi connectivity index (χ1n) is 8.38. The molecule has 0 fully saturated rings. The van der Waals surface area contributed by atoms with Gasteiger partial charge >= 0.3 is 0 Å². The molecule has 0 unspecified atom stereocenters. The maximum atomic E-state index is 3.66. The molecule has 1 aliphatic carbocycles. The molecular weight excluding hydrogens is 290 g/mol. The zero-order valence-electron chi connectivity index (χ0n) is 13.4. The molecule has 24 heavy (non-hydrogen) atoms. The molecule has 1 aromatic heterocycles. The number of hydrogen-bond acceptors (Lipinski definition) is 0. The molecule has 1 N–H and O–H groups in total. The Morgan fingerprint density at radius 3 is 2.50 bits per heavy atom. The third-order valence-corrected chi connectivity index (χ3v) is 5.39. The Bertz CT molecular complexity index is 1350. The molecule has 0 bridgehead atoms. The van der Waals surface area contributed by atoms with E-state index in [1.54, 1.807) is 0 Å². The van der Waals surface area contributed by atoms with Crippen LogP contribution in [0.15, 0.2) is 54.6 Å². The first-order chi connectivity index (χ1) is 11.8. The highest BCUT2D eigenvalue weighted by molar-refractivity contribution is 6.25. The zero-order valence-corrected chi connectivity index (χ0v) is 13.4. The van der Waals surface area contributed by atoms with Crippen molar-refractivity contribution in [1.29, 1.82) is 0 Å². The van der Waals surface area contributed by atoms with Gasteiger partial charge in [0.05, 0.1) is 5.52 Å². The normalized spacial score (nSPS) is 13.0. The lowest BCUT2D eigenvalue weighted by Gasteiger charge is -2.08. The molecular formula is C23H15N. The third-order valence-electron chi connectivity index (χ3n) is 5.39. The molecule has 1 aliphatic rings. The Hall–Kier alpha value is -3.06. The number of nitrogens with one attached hydrogen (secondary N) is 1. The molecule has 4 aromatic carbocycles. The number of aromatic amines is 1. The Morgan fingerprint density at radius 1 is 0.667 bits per heavy atom. The molecule has 1 nitrogen and oxygen atoms in total. The van der Waals surface area contributed by atoms with Crippen LogP contribution in [-0.4, -0.2) is 4.98 Å². The van der Waals surface area contributed by atoms with E-state index in [2.05, 4.69) is 78.7 Å². The van der Waals surface area contributed by atoms with Gasteiger partial charge in [-0.15, -0.1) is 0 Å². The van der Waals surface area contributed by atoms with Crippen LogP contribution in [0.1, 0.15) is 16.7 Å². The predicted molar refractivity (Wildman–Crippen MR) is 104 cm³/mol. The van der Waals surface area contributed by atoms with E-state index in [-0.39, 0.29) is 0 Å². The second kappa shape index (κ2) is 4.07. The smallest absolute Gasteiger partial charge is 0.0544 e. The van der Waals surface area contributed by atoms with Gasteiger partial charge in [0.1, 0.15) is 0 Å². The monoisotopic (exact) mass is 305 g/mol. The van der Waals surface area contributed by atoms with Crippen molar-refractivity contribution in [2.45, 2.75) is 6.92 Å². The number of aromatic nitrogens is 1. The van der Waals surface area contributed by atoms with Crippen LogP contribution >= 0.6 is 0 Å². The Labute approximate surface area is 139 Å². The first-order valence-corrected chi connectivity index (χ1v) is 8.38. The second-order valence-corrected chi connectivity index (χ2v) is 6.83. The summed E-state index contributed by atoms with van der Waals surface area (Å²) in [4.78, 5) is 3.66. The maximum absolute atomic E-state index is 3.66. The average Bonchev–Trinajstić information content (AvgIpc) is 3.18. The fourth-order valence-electron chi connectivity index (χ4n) is 4.28. The van der Waals surface area contributed by atoms with Gasteiger partial charge < -0.3 is 4.98 Å². The van der Waals surface area contributed by atoms with E-state index in [1.165, 1.54) is 60.0 Å². The lowest BCUT2D eigenvalue weighted by Crippen LogP contribution is -1.83. The summed E-state index contributed by atoms with van der Waals surface area (Å²) in [5.74, 6) is 0. The summed E-state index contributed by atoms with van der Waals surface area (Å²) in [5, 5.41) is 8.00. The van der Waals surface area contributed by atoms with Crippen LogP contribution in [0.2, 0.25) is 0 Å². The van der Waals surface area contributed by atoms with Gasteiger partial charge in [-0.3, -0.25) is 0 Å². The van der Waals surface area contributed by atoms with Crippen LogP contribution in [0, 0.1) is 6.92 Å². The third kappa shape index (κ3) is 1.40. The molecule has 5 aromatic rings. The Balaban J connectivity index is 1.89. The summed E-state index contributed by atoms with van der Waals surface area (Å²) in [6, 6.07) is 20.1. The molecule has 112 valence electrons. The van der Waals surface area contributed by atoms with Crippen molar-refractivity contribution in [3.63, 3.8) is 0 Å². The summed E-state index contributed by atoms with van der Waals surface area (Å²) >= 11 is 0. The minimum Gasteiger partial charge on any atom is -0.354 e. The molecule has 0 radical (unpaired) electrons. The van der Waals surface area contributed by atoms with Crippen molar-refractivity contribution < 1.29 is 0 Å². The van der Waals surface area contributed by atoms with Crippen LogP contribution in [0.3, 0.4) is 0 Å². The highest BCUT2D eigenvalue weighted by atomic mass is 14.7. The Kier molecular flexibility index (Phi) is 2.10. The summed E-state index contributed by atoms with van der Waals surface area (Å²) in [6.45, 7) is 2.15. The number of aryl methyl sites for hydroxylation is 1. The summed E-state index contributed by atoms with van der Waals surface area (Å²) in [5.41, 5.74) is 6.42. The van der Waals surface area contributed by atoms with Crippen molar-refractivity contribution in [2.24, 2.45) is 0 Å². The molecule has 0 aliphatic heterocycles. The molecule has 1 heteroatoms.